The normalized spacial score (nSPS) is 11.1. The molecule has 0 fully saturated rings. The number of carbonyl (C=O) groups is 2. The molecule has 0 radical (unpaired) electrons. The number of carboxylic acid groups (broad SMARTS) is 2. The zero-order valence-electron chi connectivity index (χ0n) is 16.1. The molecule has 29 heavy (non-hydrogen) atoms. The Balaban J connectivity index is 0.000000960. The fourth-order valence-corrected chi connectivity index (χ4v) is 2.27. The predicted molar refractivity (Wildman–Crippen MR) is 107 cm³/mol. The number of aliphatic carboxylic acids is 2. The molecule has 0 aliphatic carbocycles. The van der Waals surface area contributed by atoms with Crippen molar-refractivity contribution in [3.8, 4) is 17.2 Å². The molecule has 10 nitrogen and oxygen atoms in total. The van der Waals surface area contributed by atoms with Gasteiger partial charge in [-0.15, -0.1) is 0 Å². The second kappa shape index (κ2) is 11.0. The molecular formula is C19H23N3O7. The van der Waals surface area contributed by atoms with E-state index in [1.54, 1.807) is 30.3 Å². The van der Waals surface area contributed by atoms with Gasteiger partial charge in [0.2, 0.25) is 0 Å². The monoisotopic (exact) mass is 405 g/mol. The number of hydrazone groups is 1. The molecule has 2 aromatic rings. The summed E-state index contributed by atoms with van der Waals surface area (Å²) >= 11 is 0. The SMILES string of the molecule is CC(=O)O.COc1cc(OC)cc(C(Nc2ccc(C=NN)c(O)c2)C(=O)O)c1. The fraction of sp³-hybridized carbons (Fsp3) is 0.211. The molecule has 0 bridgehead atoms. The molecule has 0 aliphatic heterocycles. The highest BCUT2D eigenvalue weighted by molar-refractivity contribution is 5.85. The van der Waals surface area contributed by atoms with E-state index < -0.39 is 18.0 Å². The van der Waals surface area contributed by atoms with E-state index in [9.17, 15) is 15.0 Å². The maximum Gasteiger partial charge on any atom is 0.330 e. The Morgan fingerprint density at radius 2 is 1.66 bits per heavy atom. The standard InChI is InChI=1S/C17H19N3O5.C2H4O2/c1-24-13-5-11(6-14(8-13)25-2)16(17(22)23)20-12-4-3-10(9-19-18)15(21)7-12;1-2(3)4/h3-9,16,20-21H,18H2,1-2H3,(H,22,23);1H3,(H,3,4). The number of methoxy groups -OCH3 is 2. The number of phenolic OH excluding ortho intramolecular Hbond substituents is 1. The Labute approximate surface area is 167 Å². The number of ether oxygens (including phenoxy) is 2. The van der Waals surface area contributed by atoms with Crippen LogP contribution in [0.3, 0.4) is 0 Å². The van der Waals surface area contributed by atoms with E-state index in [0.717, 1.165) is 6.92 Å². The van der Waals surface area contributed by atoms with Crippen molar-refractivity contribution in [2.45, 2.75) is 13.0 Å². The van der Waals surface area contributed by atoms with Gasteiger partial charge in [-0.1, -0.05) is 0 Å². The van der Waals surface area contributed by atoms with E-state index in [2.05, 4.69) is 10.4 Å². The number of nitrogens with zero attached hydrogens (tertiary/aromatic N) is 1. The lowest BCUT2D eigenvalue weighted by atomic mass is 10.1. The summed E-state index contributed by atoms with van der Waals surface area (Å²) < 4.78 is 10.3. The van der Waals surface area contributed by atoms with Crippen molar-refractivity contribution < 1.29 is 34.4 Å². The molecule has 1 unspecified atom stereocenters. The van der Waals surface area contributed by atoms with Gasteiger partial charge in [-0.05, 0) is 29.8 Å². The molecule has 10 heteroatoms. The number of phenols is 1. The Hall–Kier alpha value is -3.95. The van der Waals surface area contributed by atoms with Gasteiger partial charge in [0.15, 0.2) is 6.04 Å². The van der Waals surface area contributed by atoms with Crippen LogP contribution in [0.4, 0.5) is 5.69 Å². The zero-order valence-corrected chi connectivity index (χ0v) is 16.1. The maximum atomic E-state index is 11.7. The molecule has 2 aromatic carbocycles. The molecule has 0 heterocycles. The first kappa shape index (κ1) is 23.1. The number of nitrogens with two attached hydrogens (primary N) is 1. The van der Waals surface area contributed by atoms with Crippen LogP contribution in [-0.4, -0.2) is 47.7 Å². The number of anilines is 1. The summed E-state index contributed by atoms with van der Waals surface area (Å²) in [6, 6.07) is 8.35. The molecule has 0 saturated carbocycles. The van der Waals surface area contributed by atoms with Gasteiger partial charge in [-0.25, -0.2) is 4.79 Å². The highest BCUT2D eigenvalue weighted by Crippen LogP contribution is 2.30. The third kappa shape index (κ3) is 7.29. The second-order valence-electron chi connectivity index (χ2n) is 5.63. The zero-order chi connectivity index (χ0) is 22.0. The summed E-state index contributed by atoms with van der Waals surface area (Å²) in [6.07, 6.45) is 1.29. The summed E-state index contributed by atoms with van der Waals surface area (Å²) in [7, 11) is 2.97. The van der Waals surface area contributed by atoms with Crippen LogP contribution in [0, 0.1) is 0 Å². The van der Waals surface area contributed by atoms with Crippen molar-refractivity contribution >= 4 is 23.8 Å². The van der Waals surface area contributed by atoms with Crippen LogP contribution < -0.4 is 20.6 Å². The fourth-order valence-electron chi connectivity index (χ4n) is 2.27. The molecule has 156 valence electrons. The van der Waals surface area contributed by atoms with Crippen LogP contribution in [0.25, 0.3) is 0 Å². The molecule has 0 spiro atoms. The Morgan fingerprint density at radius 3 is 2.07 bits per heavy atom. The summed E-state index contributed by atoms with van der Waals surface area (Å²) in [5, 5.41) is 33.1. The minimum absolute atomic E-state index is 0.0773. The first-order chi connectivity index (χ1) is 13.7. The predicted octanol–water partition coefficient (Wildman–Crippen LogP) is 2.03. The number of aromatic hydroxyl groups is 1. The van der Waals surface area contributed by atoms with Gasteiger partial charge in [0.1, 0.15) is 17.2 Å². The van der Waals surface area contributed by atoms with Crippen LogP contribution in [-0.2, 0) is 9.59 Å². The number of hydrogen-bond donors (Lipinski definition) is 5. The highest BCUT2D eigenvalue weighted by Gasteiger charge is 2.22. The minimum Gasteiger partial charge on any atom is -0.507 e. The number of carboxylic acids is 2. The number of benzene rings is 2. The molecule has 6 N–H and O–H groups in total. The average Bonchev–Trinajstić information content (AvgIpc) is 2.67. The number of hydrogen-bond acceptors (Lipinski definition) is 8. The van der Waals surface area contributed by atoms with E-state index in [1.807, 2.05) is 0 Å². The molecule has 0 amide bonds. The molecule has 2 rings (SSSR count). The van der Waals surface area contributed by atoms with Gasteiger partial charge in [-0.2, -0.15) is 5.10 Å². The third-order valence-electron chi connectivity index (χ3n) is 3.51. The van der Waals surface area contributed by atoms with E-state index in [-0.39, 0.29) is 5.75 Å². The van der Waals surface area contributed by atoms with E-state index >= 15 is 0 Å². The average molecular weight is 405 g/mol. The molecular weight excluding hydrogens is 382 g/mol. The Kier molecular flexibility index (Phi) is 8.78. The molecule has 0 aliphatic rings. The van der Waals surface area contributed by atoms with Crippen molar-refractivity contribution in [1.82, 2.24) is 0 Å². The molecule has 0 aromatic heterocycles. The van der Waals surface area contributed by atoms with Gasteiger partial charge in [-0.3, -0.25) is 4.79 Å². The van der Waals surface area contributed by atoms with Gasteiger partial charge >= 0.3 is 5.97 Å². The number of rotatable bonds is 7. The lowest BCUT2D eigenvalue weighted by Gasteiger charge is -2.18. The summed E-state index contributed by atoms with van der Waals surface area (Å²) in [5.41, 5.74) is 1.28. The lowest BCUT2D eigenvalue weighted by Crippen LogP contribution is -2.20. The summed E-state index contributed by atoms with van der Waals surface area (Å²) in [5.74, 6) is 4.00. The van der Waals surface area contributed by atoms with Gasteiger partial charge < -0.3 is 36.0 Å². The van der Waals surface area contributed by atoms with Crippen molar-refractivity contribution in [2.75, 3.05) is 19.5 Å². The van der Waals surface area contributed by atoms with Crippen LogP contribution in [0.5, 0.6) is 17.2 Å². The van der Waals surface area contributed by atoms with Gasteiger partial charge in [0.25, 0.3) is 5.97 Å². The quantitative estimate of drug-likeness (QED) is 0.263. The lowest BCUT2D eigenvalue weighted by molar-refractivity contribution is -0.138. The third-order valence-corrected chi connectivity index (χ3v) is 3.51. The largest absolute Gasteiger partial charge is 0.507 e. The Morgan fingerprint density at radius 1 is 1.10 bits per heavy atom. The van der Waals surface area contributed by atoms with Gasteiger partial charge in [0.05, 0.1) is 20.4 Å². The van der Waals surface area contributed by atoms with Crippen molar-refractivity contribution in [3.05, 3.63) is 47.5 Å². The van der Waals surface area contributed by atoms with Crippen LogP contribution in [0.2, 0.25) is 0 Å². The first-order valence-corrected chi connectivity index (χ1v) is 8.19. The smallest absolute Gasteiger partial charge is 0.330 e. The first-order valence-electron chi connectivity index (χ1n) is 8.19. The second-order valence-corrected chi connectivity index (χ2v) is 5.63. The van der Waals surface area contributed by atoms with Gasteiger partial charge in [0, 0.05) is 30.3 Å². The summed E-state index contributed by atoms with van der Waals surface area (Å²) in [4.78, 5) is 20.7. The van der Waals surface area contributed by atoms with Crippen molar-refractivity contribution in [1.29, 1.82) is 0 Å². The van der Waals surface area contributed by atoms with E-state index in [1.165, 1.54) is 26.5 Å². The minimum atomic E-state index is -1.10. The highest BCUT2D eigenvalue weighted by atomic mass is 16.5. The molecule has 0 saturated heterocycles. The van der Waals surface area contributed by atoms with Crippen LogP contribution in [0.1, 0.15) is 24.1 Å². The van der Waals surface area contributed by atoms with Crippen molar-refractivity contribution in [2.24, 2.45) is 10.9 Å². The topological polar surface area (TPSA) is 164 Å². The number of nitrogens with one attached hydrogen (secondary N) is 1. The van der Waals surface area contributed by atoms with E-state index in [0.29, 0.717) is 28.3 Å². The maximum absolute atomic E-state index is 11.7. The van der Waals surface area contributed by atoms with Crippen LogP contribution >= 0.6 is 0 Å². The Bertz CT molecular complexity index is 858. The molecule has 1 atom stereocenters. The van der Waals surface area contributed by atoms with E-state index in [4.69, 9.17) is 25.2 Å². The van der Waals surface area contributed by atoms with Crippen LogP contribution in [0.15, 0.2) is 41.5 Å². The van der Waals surface area contributed by atoms with Crippen molar-refractivity contribution in [3.63, 3.8) is 0 Å². The summed E-state index contributed by atoms with van der Waals surface area (Å²) in [6.45, 7) is 1.08.